The molecule has 0 aliphatic heterocycles. The molecule has 32 heavy (non-hydrogen) atoms. The number of hydrogen-bond donors (Lipinski definition) is 2. The quantitative estimate of drug-likeness (QED) is 0.461. The number of unbranched alkanes of at least 4 members (excludes halogenated alkanes) is 1. The van der Waals surface area contributed by atoms with Gasteiger partial charge in [-0.05, 0) is 63.0 Å². The van der Waals surface area contributed by atoms with Crippen molar-refractivity contribution in [3.8, 4) is 0 Å². The highest BCUT2D eigenvalue weighted by atomic mass is 16.5. The summed E-state index contributed by atoms with van der Waals surface area (Å²) in [6.45, 7) is 6.11. The van der Waals surface area contributed by atoms with Crippen molar-refractivity contribution in [2.24, 2.45) is 0 Å². The molecule has 3 rings (SSSR count). The zero-order chi connectivity index (χ0) is 22.9. The summed E-state index contributed by atoms with van der Waals surface area (Å²) in [6.07, 6.45) is 8.20. The summed E-state index contributed by atoms with van der Waals surface area (Å²) in [5.74, 6) is -0.912. The average Bonchev–Trinajstić information content (AvgIpc) is 3.60. The number of rotatable bonds is 12. The van der Waals surface area contributed by atoms with Crippen molar-refractivity contribution in [3.63, 3.8) is 0 Å². The Labute approximate surface area is 191 Å². The second kappa shape index (κ2) is 12.2. The first-order valence-corrected chi connectivity index (χ1v) is 12.1. The standard InChI is InChI=1S/C25H38N2O5/c1-3-4-13-26-25(30)27(20-11-12-20)14-15-31-21-9-6-10-22(16-21)32-17-19-8-5-7-18(2)23(19)24(28)29/h5,7-8,20-22H,3-4,6,9-17H2,1-2H3,(H,26,30)(H,28,29)/t21-,22+/m0/s1. The molecule has 0 bridgehead atoms. The Hall–Kier alpha value is -2.12. The van der Waals surface area contributed by atoms with Gasteiger partial charge in [-0.3, -0.25) is 0 Å². The molecule has 0 spiro atoms. The third-order valence-electron chi connectivity index (χ3n) is 6.37. The summed E-state index contributed by atoms with van der Waals surface area (Å²) in [6, 6.07) is 5.90. The van der Waals surface area contributed by atoms with Gasteiger partial charge >= 0.3 is 12.0 Å². The van der Waals surface area contributed by atoms with Crippen LogP contribution in [0.25, 0.3) is 0 Å². The number of aromatic carboxylic acids is 1. The van der Waals surface area contributed by atoms with Gasteiger partial charge in [0.15, 0.2) is 0 Å². The minimum absolute atomic E-state index is 0.0294. The van der Waals surface area contributed by atoms with Crippen LogP contribution in [-0.2, 0) is 16.1 Å². The number of carbonyl (C=O) groups excluding carboxylic acids is 1. The molecule has 2 aliphatic rings. The molecule has 1 aromatic carbocycles. The van der Waals surface area contributed by atoms with Crippen LogP contribution >= 0.6 is 0 Å². The Morgan fingerprint density at radius 3 is 2.59 bits per heavy atom. The van der Waals surface area contributed by atoms with Crippen LogP contribution in [0.1, 0.15) is 79.8 Å². The van der Waals surface area contributed by atoms with E-state index in [2.05, 4.69) is 12.2 Å². The third kappa shape index (κ3) is 7.20. The van der Waals surface area contributed by atoms with Gasteiger partial charge in [0.05, 0.1) is 31.0 Å². The Bertz CT molecular complexity index is 765. The van der Waals surface area contributed by atoms with Gasteiger partial charge < -0.3 is 24.8 Å². The molecule has 7 nitrogen and oxygen atoms in total. The summed E-state index contributed by atoms with van der Waals surface area (Å²) in [4.78, 5) is 26.0. The third-order valence-corrected chi connectivity index (χ3v) is 6.37. The van der Waals surface area contributed by atoms with E-state index in [0.29, 0.717) is 31.4 Å². The van der Waals surface area contributed by atoms with E-state index in [1.165, 1.54) is 0 Å². The van der Waals surface area contributed by atoms with Crippen LogP contribution in [0.4, 0.5) is 4.79 Å². The number of benzene rings is 1. The predicted molar refractivity (Wildman–Crippen MR) is 123 cm³/mol. The smallest absolute Gasteiger partial charge is 0.336 e. The Balaban J connectivity index is 1.43. The van der Waals surface area contributed by atoms with E-state index in [1.807, 2.05) is 30.0 Å². The molecule has 2 saturated carbocycles. The molecule has 1 aromatic rings. The SMILES string of the molecule is CCCCNC(=O)N(CCO[C@H]1CCC[C@@H](OCc2cccc(C)c2C(=O)O)C1)C1CC1. The lowest BCUT2D eigenvalue weighted by Gasteiger charge is -2.30. The topological polar surface area (TPSA) is 88.1 Å². The Morgan fingerprint density at radius 1 is 1.16 bits per heavy atom. The van der Waals surface area contributed by atoms with Gasteiger partial charge in [0.1, 0.15) is 0 Å². The van der Waals surface area contributed by atoms with Crippen LogP contribution in [0, 0.1) is 6.92 Å². The van der Waals surface area contributed by atoms with Gasteiger partial charge in [-0.15, -0.1) is 0 Å². The van der Waals surface area contributed by atoms with Crippen molar-refractivity contribution in [1.29, 1.82) is 0 Å². The highest BCUT2D eigenvalue weighted by Gasteiger charge is 2.32. The van der Waals surface area contributed by atoms with Gasteiger partial charge in [-0.25, -0.2) is 9.59 Å². The molecule has 2 atom stereocenters. The zero-order valence-corrected chi connectivity index (χ0v) is 19.5. The fraction of sp³-hybridized carbons (Fsp3) is 0.680. The normalized spacial score (nSPS) is 20.7. The Kier molecular flexibility index (Phi) is 9.36. The number of carbonyl (C=O) groups is 2. The van der Waals surface area contributed by atoms with Crippen LogP contribution in [0.5, 0.6) is 0 Å². The number of carboxylic acid groups (broad SMARTS) is 1. The van der Waals surface area contributed by atoms with Crippen molar-refractivity contribution < 1.29 is 24.2 Å². The molecular weight excluding hydrogens is 408 g/mol. The zero-order valence-electron chi connectivity index (χ0n) is 19.5. The lowest BCUT2D eigenvalue weighted by atomic mass is 9.94. The lowest BCUT2D eigenvalue weighted by Crippen LogP contribution is -2.44. The summed E-state index contributed by atoms with van der Waals surface area (Å²) in [7, 11) is 0. The molecule has 0 saturated heterocycles. The maximum Gasteiger partial charge on any atom is 0.336 e. The average molecular weight is 447 g/mol. The molecule has 7 heteroatoms. The Morgan fingerprint density at radius 2 is 1.91 bits per heavy atom. The molecule has 2 fully saturated rings. The largest absolute Gasteiger partial charge is 0.478 e. The van der Waals surface area contributed by atoms with Crippen LogP contribution < -0.4 is 5.32 Å². The van der Waals surface area contributed by atoms with Crippen molar-refractivity contribution in [3.05, 3.63) is 34.9 Å². The fourth-order valence-corrected chi connectivity index (χ4v) is 4.39. The summed E-state index contributed by atoms with van der Waals surface area (Å²) >= 11 is 0. The second-order valence-corrected chi connectivity index (χ2v) is 9.02. The number of carboxylic acids is 1. The minimum atomic E-state index is -0.912. The predicted octanol–water partition coefficient (Wildman–Crippen LogP) is 4.51. The molecule has 0 aromatic heterocycles. The molecule has 2 aliphatic carbocycles. The number of hydrogen-bond acceptors (Lipinski definition) is 4. The number of nitrogens with one attached hydrogen (secondary N) is 1. The lowest BCUT2D eigenvalue weighted by molar-refractivity contribution is -0.0526. The minimum Gasteiger partial charge on any atom is -0.478 e. The van der Waals surface area contributed by atoms with E-state index in [1.54, 1.807) is 0 Å². The van der Waals surface area contributed by atoms with E-state index in [0.717, 1.165) is 69.0 Å². The fourth-order valence-electron chi connectivity index (χ4n) is 4.39. The molecular formula is C25H38N2O5. The molecule has 2 N–H and O–H groups in total. The summed E-state index contributed by atoms with van der Waals surface area (Å²) < 4.78 is 12.2. The maximum atomic E-state index is 12.5. The number of aryl methyl sites for hydroxylation is 1. The van der Waals surface area contributed by atoms with Crippen molar-refractivity contribution >= 4 is 12.0 Å². The van der Waals surface area contributed by atoms with Crippen molar-refractivity contribution in [1.82, 2.24) is 10.2 Å². The van der Waals surface area contributed by atoms with Gasteiger partial charge in [-0.2, -0.15) is 0 Å². The van der Waals surface area contributed by atoms with E-state index < -0.39 is 5.97 Å². The number of amides is 2. The van der Waals surface area contributed by atoms with Crippen LogP contribution in [0.15, 0.2) is 18.2 Å². The van der Waals surface area contributed by atoms with Crippen LogP contribution in [0.3, 0.4) is 0 Å². The monoisotopic (exact) mass is 446 g/mol. The van der Waals surface area contributed by atoms with Crippen molar-refractivity contribution in [2.75, 3.05) is 19.7 Å². The summed E-state index contributed by atoms with van der Waals surface area (Å²) in [5.41, 5.74) is 1.81. The van der Waals surface area contributed by atoms with E-state index >= 15 is 0 Å². The van der Waals surface area contributed by atoms with E-state index in [4.69, 9.17) is 9.47 Å². The number of ether oxygens (including phenoxy) is 2. The van der Waals surface area contributed by atoms with Gasteiger partial charge in [-0.1, -0.05) is 31.5 Å². The van der Waals surface area contributed by atoms with Gasteiger partial charge in [0.25, 0.3) is 0 Å². The highest BCUT2D eigenvalue weighted by molar-refractivity contribution is 5.91. The second-order valence-electron chi connectivity index (χ2n) is 9.02. The van der Waals surface area contributed by atoms with E-state index in [-0.39, 0.29) is 18.2 Å². The first-order chi connectivity index (χ1) is 15.5. The molecule has 0 radical (unpaired) electrons. The highest BCUT2D eigenvalue weighted by Crippen LogP contribution is 2.28. The van der Waals surface area contributed by atoms with E-state index in [9.17, 15) is 14.7 Å². The summed E-state index contributed by atoms with van der Waals surface area (Å²) in [5, 5.41) is 12.5. The van der Waals surface area contributed by atoms with Crippen LogP contribution in [-0.4, -0.2) is 60.0 Å². The van der Waals surface area contributed by atoms with Crippen LogP contribution in [0.2, 0.25) is 0 Å². The maximum absolute atomic E-state index is 12.5. The first kappa shape index (κ1) is 24.5. The number of urea groups is 1. The molecule has 2 amide bonds. The van der Waals surface area contributed by atoms with Crippen molar-refractivity contribution in [2.45, 2.75) is 90.1 Å². The first-order valence-electron chi connectivity index (χ1n) is 12.1. The van der Waals surface area contributed by atoms with Gasteiger partial charge in [0, 0.05) is 19.1 Å². The molecule has 0 unspecified atom stereocenters. The number of nitrogens with zero attached hydrogens (tertiary/aromatic N) is 1. The molecule has 0 heterocycles. The van der Waals surface area contributed by atoms with Gasteiger partial charge in [0.2, 0.25) is 0 Å². The molecule has 178 valence electrons.